The number of urea groups is 1. The smallest absolute Gasteiger partial charge is 0.338 e. The van der Waals surface area contributed by atoms with Crippen molar-refractivity contribution in [1.82, 2.24) is 15.7 Å². The lowest BCUT2D eigenvalue weighted by Crippen LogP contribution is -2.41. The molecule has 0 spiro atoms. The first-order chi connectivity index (χ1) is 8.08. The van der Waals surface area contributed by atoms with Gasteiger partial charge in [0.2, 0.25) is 0 Å². The van der Waals surface area contributed by atoms with Gasteiger partial charge in [-0.2, -0.15) is 0 Å². The van der Waals surface area contributed by atoms with Crippen LogP contribution in [0.5, 0.6) is 0 Å². The van der Waals surface area contributed by atoms with Crippen molar-refractivity contribution in [3.63, 3.8) is 0 Å². The molecule has 1 heterocycles. The molecule has 2 amide bonds. The topological polar surface area (TPSA) is 90.9 Å². The van der Waals surface area contributed by atoms with E-state index in [1.807, 2.05) is 5.48 Å². The van der Waals surface area contributed by atoms with Gasteiger partial charge in [-0.25, -0.2) is 15.1 Å². The molecule has 0 radical (unpaired) electrons. The largest absolute Gasteiger partial charge is 0.479 e. The second-order valence-electron chi connectivity index (χ2n) is 4.24. The predicted octanol–water partition coefficient (Wildman–Crippen LogP) is -0.356. The van der Waals surface area contributed by atoms with Crippen molar-refractivity contribution in [3.8, 4) is 0 Å². The van der Waals surface area contributed by atoms with Gasteiger partial charge in [0.25, 0.3) is 0 Å². The van der Waals surface area contributed by atoms with Crippen molar-refractivity contribution in [2.45, 2.75) is 12.8 Å². The lowest BCUT2D eigenvalue weighted by Gasteiger charge is -2.28. The molecule has 0 aromatic heterocycles. The van der Waals surface area contributed by atoms with Gasteiger partial charge in [-0.15, -0.1) is 0 Å². The van der Waals surface area contributed by atoms with Gasteiger partial charge < -0.3 is 15.3 Å². The van der Waals surface area contributed by atoms with Gasteiger partial charge in [0.15, 0.2) is 6.61 Å². The third kappa shape index (κ3) is 6.08. The Balaban J connectivity index is 2.05. The van der Waals surface area contributed by atoms with Gasteiger partial charge in [0, 0.05) is 6.54 Å². The second kappa shape index (κ2) is 7.08. The third-order valence-corrected chi connectivity index (χ3v) is 2.75. The molecule has 0 atom stereocenters. The number of hydroxylamine groups is 1. The van der Waals surface area contributed by atoms with Crippen LogP contribution >= 0.6 is 0 Å². The minimum atomic E-state index is -1.12. The number of carboxylic acids is 1. The Morgan fingerprint density at radius 2 is 2.06 bits per heavy atom. The normalized spacial score (nSPS) is 17.7. The number of carboxylic acid groups (broad SMARTS) is 1. The lowest BCUT2D eigenvalue weighted by atomic mass is 9.97. The highest BCUT2D eigenvalue weighted by Gasteiger charge is 2.17. The van der Waals surface area contributed by atoms with E-state index < -0.39 is 18.6 Å². The van der Waals surface area contributed by atoms with Crippen molar-refractivity contribution in [3.05, 3.63) is 0 Å². The van der Waals surface area contributed by atoms with Crippen molar-refractivity contribution >= 4 is 12.0 Å². The van der Waals surface area contributed by atoms with Crippen LogP contribution in [0.1, 0.15) is 12.8 Å². The molecule has 7 nitrogen and oxygen atoms in total. The molecule has 0 aromatic carbocycles. The van der Waals surface area contributed by atoms with Gasteiger partial charge in [-0.1, -0.05) is 0 Å². The molecule has 17 heavy (non-hydrogen) atoms. The molecule has 7 heteroatoms. The fraction of sp³-hybridized carbons (Fsp3) is 0.800. The Morgan fingerprint density at radius 1 is 1.41 bits per heavy atom. The average Bonchev–Trinajstić information content (AvgIpc) is 2.28. The van der Waals surface area contributed by atoms with Crippen molar-refractivity contribution in [1.29, 1.82) is 0 Å². The van der Waals surface area contributed by atoms with Gasteiger partial charge >= 0.3 is 12.0 Å². The maximum absolute atomic E-state index is 11.2. The summed E-state index contributed by atoms with van der Waals surface area (Å²) in [6.45, 7) is 2.14. The fourth-order valence-corrected chi connectivity index (χ4v) is 1.70. The Labute approximate surface area is 100 Å². The summed E-state index contributed by atoms with van der Waals surface area (Å²) in [5.41, 5.74) is 2.02. The molecule has 1 rings (SSSR count). The van der Waals surface area contributed by atoms with Gasteiger partial charge in [-0.3, -0.25) is 4.84 Å². The number of likely N-dealkylation sites (tertiary alicyclic amines) is 1. The van der Waals surface area contributed by atoms with Crippen molar-refractivity contribution in [2.75, 3.05) is 33.3 Å². The summed E-state index contributed by atoms with van der Waals surface area (Å²) < 4.78 is 0. The monoisotopic (exact) mass is 245 g/mol. The zero-order chi connectivity index (χ0) is 12.7. The molecule has 1 saturated heterocycles. The van der Waals surface area contributed by atoms with E-state index in [4.69, 9.17) is 5.11 Å². The van der Waals surface area contributed by atoms with Crippen LogP contribution in [0, 0.1) is 5.92 Å². The first kappa shape index (κ1) is 13.7. The van der Waals surface area contributed by atoms with Crippen LogP contribution in [0.25, 0.3) is 0 Å². The van der Waals surface area contributed by atoms with Crippen LogP contribution in [-0.2, 0) is 9.63 Å². The number of nitrogens with zero attached hydrogens (tertiary/aromatic N) is 1. The van der Waals surface area contributed by atoms with Gasteiger partial charge in [0.05, 0.1) is 0 Å². The summed E-state index contributed by atoms with van der Waals surface area (Å²) in [7, 11) is 2.08. The van der Waals surface area contributed by atoms with Gasteiger partial charge in [-0.05, 0) is 38.9 Å². The number of piperidine rings is 1. The number of hydrogen-bond acceptors (Lipinski definition) is 4. The summed E-state index contributed by atoms with van der Waals surface area (Å²) in [6, 6.07) is -0.495. The van der Waals surface area contributed by atoms with Crippen LogP contribution in [0.4, 0.5) is 4.79 Å². The summed E-state index contributed by atoms with van der Waals surface area (Å²) in [5.74, 6) is -0.642. The first-order valence-electron chi connectivity index (χ1n) is 5.64. The summed E-state index contributed by atoms with van der Waals surface area (Å²) in [6.07, 6.45) is 2.12. The van der Waals surface area contributed by atoms with Crippen molar-refractivity contribution in [2.24, 2.45) is 5.92 Å². The van der Waals surface area contributed by atoms with E-state index in [2.05, 4.69) is 22.1 Å². The third-order valence-electron chi connectivity index (χ3n) is 2.75. The predicted molar refractivity (Wildman–Crippen MR) is 60.3 cm³/mol. The minimum Gasteiger partial charge on any atom is -0.479 e. The Bertz CT molecular complexity index is 264. The number of amides is 2. The van der Waals surface area contributed by atoms with E-state index in [9.17, 15) is 9.59 Å². The van der Waals surface area contributed by atoms with Crippen molar-refractivity contribution < 1.29 is 19.5 Å². The van der Waals surface area contributed by atoms with E-state index in [0.29, 0.717) is 12.5 Å². The molecule has 0 bridgehead atoms. The van der Waals surface area contributed by atoms with Crippen LogP contribution < -0.4 is 10.8 Å². The summed E-state index contributed by atoms with van der Waals surface area (Å²) in [4.78, 5) is 28.0. The summed E-state index contributed by atoms with van der Waals surface area (Å²) in [5, 5.41) is 10.9. The second-order valence-corrected chi connectivity index (χ2v) is 4.24. The van der Waals surface area contributed by atoms with E-state index in [1.165, 1.54) is 0 Å². The van der Waals surface area contributed by atoms with E-state index in [-0.39, 0.29) is 0 Å². The molecule has 1 aliphatic heterocycles. The van der Waals surface area contributed by atoms with E-state index in [0.717, 1.165) is 25.9 Å². The molecule has 0 saturated carbocycles. The Hall–Kier alpha value is -1.34. The van der Waals surface area contributed by atoms with E-state index >= 15 is 0 Å². The molecule has 0 aromatic rings. The van der Waals surface area contributed by atoms with Crippen LogP contribution in [0.2, 0.25) is 0 Å². The summed E-state index contributed by atoms with van der Waals surface area (Å²) >= 11 is 0. The number of aliphatic carboxylic acids is 1. The molecule has 1 aliphatic rings. The maximum Gasteiger partial charge on any atom is 0.338 e. The molecular formula is C10H19N3O4. The highest BCUT2D eigenvalue weighted by molar-refractivity contribution is 5.73. The zero-order valence-corrected chi connectivity index (χ0v) is 9.94. The number of nitrogens with one attached hydrogen (secondary N) is 2. The number of carbonyl (C=O) groups is 2. The quantitative estimate of drug-likeness (QED) is 0.576. The highest BCUT2D eigenvalue weighted by Crippen LogP contribution is 2.14. The molecule has 3 N–H and O–H groups in total. The fourth-order valence-electron chi connectivity index (χ4n) is 1.70. The van der Waals surface area contributed by atoms with Gasteiger partial charge in [0.1, 0.15) is 0 Å². The molecule has 98 valence electrons. The number of carbonyl (C=O) groups excluding carboxylic acids is 1. The number of hydrogen-bond donors (Lipinski definition) is 3. The number of rotatable bonds is 5. The Kier molecular flexibility index (Phi) is 5.71. The van der Waals surface area contributed by atoms with Crippen LogP contribution in [0.3, 0.4) is 0 Å². The highest BCUT2D eigenvalue weighted by atomic mass is 16.7. The van der Waals surface area contributed by atoms with Crippen LogP contribution in [0.15, 0.2) is 0 Å². The molecule has 0 unspecified atom stereocenters. The molecular weight excluding hydrogens is 226 g/mol. The maximum atomic E-state index is 11.2. The lowest BCUT2D eigenvalue weighted by molar-refractivity contribution is -0.144. The Morgan fingerprint density at radius 3 is 2.65 bits per heavy atom. The first-order valence-corrected chi connectivity index (χ1v) is 5.64. The molecule has 0 aliphatic carbocycles. The van der Waals surface area contributed by atoms with Crippen LogP contribution in [-0.4, -0.2) is 55.3 Å². The standard InChI is InChI=1S/C10H19N3O4/c1-13-4-2-8(3-5-13)6-11-10(16)12-17-7-9(14)15/h8H,2-7H2,1H3,(H,14,15)(H2,11,12,16). The SMILES string of the molecule is CN1CCC(CNC(=O)NOCC(=O)O)CC1. The molecule has 1 fully saturated rings. The average molecular weight is 245 g/mol. The van der Waals surface area contributed by atoms with E-state index in [1.54, 1.807) is 0 Å². The zero-order valence-electron chi connectivity index (χ0n) is 9.94. The minimum absolute atomic E-state index is 0.483.